The van der Waals surface area contributed by atoms with Gasteiger partial charge in [0, 0.05) is 23.3 Å². The molecule has 3 aromatic rings. The number of anilines is 1. The van der Waals surface area contributed by atoms with Crippen LogP contribution in [0.1, 0.15) is 11.3 Å². The number of aromatic nitrogens is 3. The Morgan fingerprint density at radius 1 is 1.04 bits per heavy atom. The molecule has 0 unspecified atom stereocenters. The van der Waals surface area contributed by atoms with Crippen molar-refractivity contribution in [1.29, 1.82) is 0 Å². The molecular formula is C17H20N4O3S. The third-order valence-corrected chi connectivity index (χ3v) is 3.61. The zero-order chi connectivity index (χ0) is 16.1. The van der Waals surface area contributed by atoms with Crippen LogP contribution in [-0.2, 0) is 6.54 Å². The molecule has 5 N–H and O–H groups in total. The van der Waals surface area contributed by atoms with Crippen molar-refractivity contribution in [2.45, 2.75) is 18.4 Å². The SMILES string of the molecule is Cc1ccc(Oc2nccc(NCc3ccccc3S)n2)cn1.O.O. The van der Waals surface area contributed by atoms with Gasteiger partial charge in [0.1, 0.15) is 11.6 Å². The van der Waals surface area contributed by atoms with E-state index in [2.05, 4.69) is 32.9 Å². The van der Waals surface area contributed by atoms with E-state index >= 15 is 0 Å². The summed E-state index contributed by atoms with van der Waals surface area (Å²) in [6.45, 7) is 2.55. The summed E-state index contributed by atoms with van der Waals surface area (Å²) in [6.07, 6.45) is 3.30. The Bertz CT molecular complexity index is 800. The fraction of sp³-hybridized carbons (Fsp3) is 0.118. The third-order valence-electron chi connectivity index (χ3n) is 3.18. The summed E-state index contributed by atoms with van der Waals surface area (Å²) in [5.41, 5.74) is 2.03. The normalized spacial score (nSPS) is 9.52. The second-order valence-corrected chi connectivity index (χ2v) is 5.43. The van der Waals surface area contributed by atoms with Crippen molar-refractivity contribution in [2.75, 3.05) is 5.32 Å². The number of pyridine rings is 1. The molecule has 0 bridgehead atoms. The van der Waals surface area contributed by atoms with Crippen LogP contribution in [0.3, 0.4) is 0 Å². The summed E-state index contributed by atoms with van der Waals surface area (Å²) in [5, 5.41) is 3.24. The second kappa shape index (κ2) is 9.58. The highest BCUT2D eigenvalue weighted by molar-refractivity contribution is 7.80. The van der Waals surface area contributed by atoms with Gasteiger partial charge >= 0.3 is 6.01 Å². The highest BCUT2D eigenvalue weighted by Crippen LogP contribution is 2.19. The van der Waals surface area contributed by atoms with Gasteiger partial charge in [-0.1, -0.05) is 18.2 Å². The maximum atomic E-state index is 5.61. The molecule has 0 spiro atoms. The van der Waals surface area contributed by atoms with E-state index in [1.807, 2.05) is 43.3 Å². The molecule has 0 aliphatic carbocycles. The van der Waals surface area contributed by atoms with Gasteiger partial charge in [0.05, 0.1) is 6.20 Å². The van der Waals surface area contributed by atoms with E-state index in [-0.39, 0.29) is 17.0 Å². The van der Waals surface area contributed by atoms with Crippen LogP contribution in [0.2, 0.25) is 0 Å². The van der Waals surface area contributed by atoms with Crippen molar-refractivity contribution in [3.05, 3.63) is 66.1 Å². The van der Waals surface area contributed by atoms with Gasteiger partial charge in [-0.05, 0) is 36.8 Å². The Morgan fingerprint density at radius 2 is 1.84 bits per heavy atom. The zero-order valence-corrected chi connectivity index (χ0v) is 14.5. The summed E-state index contributed by atoms with van der Waals surface area (Å²) in [6, 6.07) is 13.7. The topological polar surface area (TPSA) is 123 Å². The Balaban J connectivity index is 0.00000156. The molecule has 0 aliphatic heterocycles. The zero-order valence-electron chi connectivity index (χ0n) is 13.6. The lowest BCUT2D eigenvalue weighted by atomic mass is 10.2. The van der Waals surface area contributed by atoms with Crippen molar-refractivity contribution >= 4 is 18.4 Å². The van der Waals surface area contributed by atoms with E-state index in [0.717, 1.165) is 16.2 Å². The van der Waals surface area contributed by atoms with Crippen molar-refractivity contribution < 1.29 is 15.7 Å². The summed E-state index contributed by atoms with van der Waals surface area (Å²) >= 11 is 4.43. The maximum absolute atomic E-state index is 5.61. The minimum atomic E-state index is 0. The Hall–Kier alpha value is -2.68. The van der Waals surface area contributed by atoms with Crippen LogP contribution in [0.25, 0.3) is 0 Å². The largest absolute Gasteiger partial charge is 0.423 e. The first kappa shape index (κ1) is 20.4. The average Bonchev–Trinajstić information content (AvgIpc) is 2.57. The van der Waals surface area contributed by atoms with Crippen LogP contribution in [0.4, 0.5) is 5.82 Å². The molecule has 2 aromatic heterocycles. The summed E-state index contributed by atoms with van der Waals surface area (Å²) in [5.74, 6) is 1.29. The van der Waals surface area contributed by atoms with Crippen LogP contribution in [-0.4, -0.2) is 25.9 Å². The highest BCUT2D eigenvalue weighted by Gasteiger charge is 2.04. The molecule has 25 heavy (non-hydrogen) atoms. The summed E-state index contributed by atoms with van der Waals surface area (Å²) in [4.78, 5) is 13.6. The number of ether oxygens (including phenoxy) is 1. The first-order valence-electron chi connectivity index (χ1n) is 7.15. The van der Waals surface area contributed by atoms with Gasteiger partial charge in [-0.15, -0.1) is 12.6 Å². The average molecular weight is 360 g/mol. The van der Waals surface area contributed by atoms with Gasteiger partial charge in [0.25, 0.3) is 0 Å². The van der Waals surface area contributed by atoms with Crippen LogP contribution in [0.5, 0.6) is 11.8 Å². The van der Waals surface area contributed by atoms with Crippen LogP contribution >= 0.6 is 12.6 Å². The van der Waals surface area contributed by atoms with Crippen molar-refractivity contribution in [1.82, 2.24) is 15.0 Å². The first-order chi connectivity index (χ1) is 11.2. The first-order valence-corrected chi connectivity index (χ1v) is 7.60. The predicted octanol–water partition coefficient (Wildman–Crippen LogP) is 2.22. The van der Waals surface area contributed by atoms with E-state index in [1.54, 1.807) is 18.5 Å². The third kappa shape index (κ3) is 5.71. The van der Waals surface area contributed by atoms with E-state index in [1.165, 1.54) is 0 Å². The lowest BCUT2D eigenvalue weighted by Gasteiger charge is -2.09. The smallest absolute Gasteiger partial charge is 0.323 e. The predicted molar refractivity (Wildman–Crippen MR) is 99.3 cm³/mol. The van der Waals surface area contributed by atoms with Crippen LogP contribution in [0, 0.1) is 6.92 Å². The summed E-state index contributed by atoms with van der Waals surface area (Å²) in [7, 11) is 0. The molecule has 1 aromatic carbocycles. The van der Waals surface area contributed by atoms with E-state index in [9.17, 15) is 0 Å². The quantitative estimate of drug-likeness (QED) is 0.675. The van der Waals surface area contributed by atoms with Crippen LogP contribution < -0.4 is 10.1 Å². The number of rotatable bonds is 5. The Morgan fingerprint density at radius 3 is 2.56 bits per heavy atom. The van der Waals surface area contributed by atoms with Gasteiger partial charge in [0.2, 0.25) is 0 Å². The molecule has 0 fully saturated rings. The second-order valence-electron chi connectivity index (χ2n) is 4.94. The van der Waals surface area contributed by atoms with Crippen molar-refractivity contribution in [3.8, 4) is 11.8 Å². The fourth-order valence-electron chi connectivity index (χ4n) is 1.95. The molecule has 0 amide bonds. The standard InChI is InChI=1S/C17H16N4OS.2H2O/c1-12-6-7-14(11-19-12)22-17-18-9-8-16(21-17)20-10-13-4-2-3-5-15(13)23;;/h2-9,11,23H,10H2,1H3,(H,18,20,21);2*1H2. The highest BCUT2D eigenvalue weighted by atomic mass is 32.1. The minimum absolute atomic E-state index is 0. The number of thiol groups is 1. The molecule has 0 aliphatic rings. The summed E-state index contributed by atoms with van der Waals surface area (Å²) < 4.78 is 5.61. The molecule has 2 heterocycles. The molecular weight excluding hydrogens is 340 g/mol. The van der Waals surface area contributed by atoms with Gasteiger partial charge in [-0.2, -0.15) is 4.98 Å². The molecule has 0 atom stereocenters. The Labute approximate surface area is 151 Å². The van der Waals surface area contributed by atoms with Crippen molar-refractivity contribution in [3.63, 3.8) is 0 Å². The molecule has 0 saturated heterocycles. The van der Waals surface area contributed by atoms with Gasteiger partial charge in [0.15, 0.2) is 0 Å². The lowest BCUT2D eigenvalue weighted by molar-refractivity contribution is 0.440. The number of nitrogens with one attached hydrogen (secondary N) is 1. The Kier molecular flexibility index (Phi) is 7.80. The minimum Gasteiger partial charge on any atom is -0.423 e. The van der Waals surface area contributed by atoms with Gasteiger partial charge < -0.3 is 21.0 Å². The number of hydrogen-bond donors (Lipinski definition) is 2. The monoisotopic (exact) mass is 360 g/mol. The molecule has 7 nitrogen and oxygen atoms in total. The fourth-order valence-corrected chi connectivity index (χ4v) is 2.19. The molecule has 132 valence electrons. The molecule has 0 radical (unpaired) electrons. The number of hydrogen-bond acceptors (Lipinski definition) is 6. The van der Waals surface area contributed by atoms with Gasteiger partial charge in [-0.3, -0.25) is 4.98 Å². The van der Waals surface area contributed by atoms with Crippen molar-refractivity contribution in [2.24, 2.45) is 0 Å². The van der Waals surface area contributed by atoms with E-state index in [0.29, 0.717) is 18.1 Å². The number of nitrogens with zero attached hydrogens (tertiary/aromatic N) is 3. The molecule has 3 rings (SSSR count). The number of benzene rings is 1. The van der Waals surface area contributed by atoms with Crippen LogP contribution in [0.15, 0.2) is 59.8 Å². The number of aryl methyl sites for hydroxylation is 1. The molecule has 8 heteroatoms. The van der Waals surface area contributed by atoms with Gasteiger partial charge in [-0.25, -0.2) is 4.98 Å². The molecule has 0 saturated carbocycles. The maximum Gasteiger partial charge on any atom is 0.323 e. The lowest BCUT2D eigenvalue weighted by Crippen LogP contribution is -2.03. The van der Waals surface area contributed by atoms with E-state index in [4.69, 9.17) is 4.74 Å². The van der Waals surface area contributed by atoms with E-state index < -0.39 is 0 Å².